The summed E-state index contributed by atoms with van der Waals surface area (Å²) >= 11 is 0. The molecule has 4 aliphatic carbocycles. The summed E-state index contributed by atoms with van der Waals surface area (Å²) in [5, 5.41) is 7.51. The lowest BCUT2D eigenvalue weighted by molar-refractivity contribution is -0.150. The molecule has 4 saturated carbocycles. The van der Waals surface area contributed by atoms with E-state index in [0.717, 1.165) is 32.1 Å². The molecule has 6 nitrogen and oxygen atoms in total. The highest BCUT2D eigenvalue weighted by Crippen LogP contribution is 2.64. The first-order valence-electron chi connectivity index (χ1n) is 8.75. The van der Waals surface area contributed by atoms with Gasteiger partial charge in [-0.3, -0.25) is 4.79 Å². The van der Waals surface area contributed by atoms with E-state index in [1.54, 1.807) is 12.5 Å². The third kappa shape index (κ3) is 2.01. The third-order valence-corrected chi connectivity index (χ3v) is 6.32. The van der Waals surface area contributed by atoms with Crippen LogP contribution in [0.4, 0.5) is 5.82 Å². The van der Waals surface area contributed by atoms with Crippen molar-refractivity contribution in [3.8, 4) is 0 Å². The summed E-state index contributed by atoms with van der Waals surface area (Å²) in [4.78, 5) is 21.6. The molecule has 1 amide bonds. The van der Waals surface area contributed by atoms with Gasteiger partial charge in [0.25, 0.3) is 0 Å². The van der Waals surface area contributed by atoms with Gasteiger partial charge in [0.05, 0.1) is 11.0 Å². The Bertz CT molecular complexity index is 743. The van der Waals surface area contributed by atoms with Gasteiger partial charge in [0.15, 0.2) is 0 Å². The fourth-order valence-corrected chi connectivity index (χ4v) is 5.89. The average molecular weight is 323 g/mol. The van der Waals surface area contributed by atoms with Gasteiger partial charge in [-0.1, -0.05) is 6.07 Å². The number of pyridine rings is 1. The molecule has 24 heavy (non-hydrogen) atoms. The summed E-state index contributed by atoms with van der Waals surface area (Å²) in [7, 11) is 0. The van der Waals surface area contributed by atoms with Crippen molar-refractivity contribution < 1.29 is 4.79 Å². The number of rotatable bonds is 3. The van der Waals surface area contributed by atoms with E-state index < -0.39 is 0 Å². The first kappa shape index (κ1) is 14.1. The van der Waals surface area contributed by atoms with Crippen molar-refractivity contribution in [2.75, 3.05) is 5.32 Å². The molecule has 0 radical (unpaired) electrons. The molecule has 6 heteroatoms. The predicted molar refractivity (Wildman–Crippen MR) is 88.0 cm³/mol. The molecule has 0 saturated heterocycles. The van der Waals surface area contributed by atoms with Gasteiger partial charge >= 0.3 is 0 Å². The average Bonchev–Trinajstić information content (AvgIpc) is 3.10. The molecule has 1 N–H and O–H groups in total. The van der Waals surface area contributed by atoms with Crippen LogP contribution in [-0.4, -0.2) is 25.7 Å². The molecule has 4 aliphatic rings. The van der Waals surface area contributed by atoms with Crippen LogP contribution in [0.3, 0.4) is 0 Å². The summed E-state index contributed by atoms with van der Waals surface area (Å²) in [5.41, 5.74) is -0.310. The first-order chi connectivity index (χ1) is 11.7. The predicted octanol–water partition coefficient (Wildman–Crippen LogP) is 2.61. The molecule has 0 aromatic carbocycles. The number of amides is 1. The second kappa shape index (κ2) is 4.88. The minimum absolute atomic E-state index is 0.0258. The molecular weight excluding hydrogens is 302 g/mol. The Labute approximate surface area is 140 Å². The van der Waals surface area contributed by atoms with Crippen LogP contribution < -0.4 is 5.32 Å². The molecule has 0 spiro atoms. The van der Waals surface area contributed by atoms with Gasteiger partial charge in [-0.25, -0.2) is 14.6 Å². The monoisotopic (exact) mass is 323 g/mol. The van der Waals surface area contributed by atoms with Crippen molar-refractivity contribution in [2.45, 2.75) is 44.1 Å². The lowest BCUT2D eigenvalue weighted by Crippen LogP contribution is -2.60. The molecule has 4 fully saturated rings. The molecule has 2 aromatic rings. The fraction of sp³-hybridized carbons (Fsp3) is 0.556. The van der Waals surface area contributed by atoms with Crippen LogP contribution in [0, 0.1) is 17.3 Å². The molecule has 6 rings (SSSR count). The molecule has 0 unspecified atom stereocenters. The SMILES string of the molecule is O=C(Nc1ccccn1)C12C[C@H]3C[C@H](C1)CC(n1cncn1)(C3)C2. The molecule has 4 bridgehead atoms. The van der Waals surface area contributed by atoms with Crippen LogP contribution >= 0.6 is 0 Å². The van der Waals surface area contributed by atoms with Crippen molar-refractivity contribution in [3.63, 3.8) is 0 Å². The maximum Gasteiger partial charge on any atom is 0.231 e. The Kier molecular flexibility index (Phi) is 2.87. The number of nitrogens with one attached hydrogen (secondary N) is 1. The molecule has 124 valence electrons. The largest absolute Gasteiger partial charge is 0.310 e. The van der Waals surface area contributed by atoms with Gasteiger partial charge in [-0.15, -0.1) is 0 Å². The Morgan fingerprint density at radius 3 is 2.71 bits per heavy atom. The zero-order valence-corrected chi connectivity index (χ0v) is 13.6. The minimum Gasteiger partial charge on any atom is -0.310 e. The molecule has 2 aromatic heterocycles. The Morgan fingerprint density at radius 2 is 2.04 bits per heavy atom. The van der Waals surface area contributed by atoms with E-state index in [2.05, 4.69) is 20.4 Å². The van der Waals surface area contributed by atoms with Crippen LogP contribution in [0.15, 0.2) is 37.1 Å². The zero-order chi connectivity index (χ0) is 16.2. The van der Waals surface area contributed by atoms with Crippen molar-refractivity contribution >= 4 is 11.7 Å². The summed E-state index contributed by atoms with van der Waals surface area (Å²) in [6, 6.07) is 5.62. The third-order valence-electron chi connectivity index (χ3n) is 6.32. The lowest BCUT2D eigenvalue weighted by Gasteiger charge is -2.60. The van der Waals surface area contributed by atoms with Crippen LogP contribution in [0.5, 0.6) is 0 Å². The van der Waals surface area contributed by atoms with Crippen LogP contribution in [0.2, 0.25) is 0 Å². The van der Waals surface area contributed by atoms with Crippen LogP contribution in [-0.2, 0) is 10.3 Å². The normalized spacial score (nSPS) is 36.7. The van der Waals surface area contributed by atoms with Gasteiger partial charge in [-0.05, 0) is 62.5 Å². The second-order valence-electron chi connectivity index (χ2n) is 7.97. The van der Waals surface area contributed by atoms with E-state index in [1.165, 1.54) is 6.42 Å². The van der Waals surface area contributed by atoms with Gasteiger partial charge in [0.2, 0.25) is 5.91 Å². The maximum absolute atomic E-state index is 13.2. The Hall–Kier alpha value is -2.24. The topological polar surface area (TPSA) is 72.7 Å². The number of anilines is 1. The van der Waals surface area contributed by atoms with E-state index in [-0.39, 0.29) is 16.9 Å². The summed E-state index contributed by atoms with van der Waals surface area (Å²) < 4.78 is 2.03. The van der Waals surface area contributed by atoms with E-state index in [4.69, 9.17) is 0 Å². The smallest absolute Gasteiger partial charge is 0.231 e. The number of nitrogens with zero attached hydrogens (tertiary/aromatic N) is 4. The van der Waals surface area contributed by atoms with Gasteiger partial charge in [0.1, 0.15) is 18.5 Å². The van der Waals surface area contributed by atoms with Crippen molar-refractivity contribution in [1.82, 2.24) is 19.7 Å². The molecule has 2 heterocycles. The molecular formula is C18H21N5O. The maximum atomic E-state index is 13.2. The van der Waals surface area contributed by atoms with E-state index in [9.17, 15) is 4.79 Å². The highest BCUT2D eigenvalue weighted by Gasteiger charge is 2.61. The van der Waals surface area contributed by atoms with Gasteiger partial charge < -0.3 is 5.32 Å². The number of aromatic nitrogens is 4. The Balaban J connectivity index is 1.48. The van der Waals surface area contributed by atoms with E-state index >= 15 is 0 Å². The minimum atomic E-state index is -0.284. The van der Waals surface area contributed by atoms with Crippen molar-refractivity contribution in [1.29, 1.82) is 0 Å². The summed E-state index contributed by atoms with van der Waals surface area (Å²) in [6.45, 7) is 0. The van der Waals surface area contributed by atoms with Gasteiger partial charge in [-0.2, -0.15) is 5.10 Å². The summed E-state index contributed by atoms with van der Waals surface area (Å²) in [5.74, 6) is 2.02. The number of hydrogen-bond acceptors (Lipinski definition) is 4. The standard InChI is InChI=1S/C18H21N5O/c24-16(22-15-3-1-2-4-20-15)17-6-13-5-14(7-17)9-18(8-13,10-17)23-12-19-11-21-23/h1-4,11-14H,5-10H2,(H,20,22,24)/t13-,14-,17?,18?/m1/s1. The highest BCUT2D eigenvalue weighted by molar-refractivity contribution is 5.95. The molecule has 0 aliphatic heterocycles. The number of hydrogen-bond donors (Lipinski definition) is 1. The number of carbonyl (C=O) groups excluding carboxylic acids is 1. The van der Waals surface area contributed by atoms with Crippen molar-refractivity contribution in [3.05, 3.63) is 37.1 Å². The summed E-state index contributed by atoms with van der Waals surface area (Å²) in [6.07, 6.45) is 11.5. The quantitative estimate of drug-likeness (QED) is 0.942. The number of carbonyl (C=O) groups is 1. The molecule has 2 atom stereocenters. The zero-order valence-electron chi connectivity index (χ0n) is 13.6. The van der Waals surface area contributed by atoms with Crippen LogP contribution in [0.1, 0.15) is 38.5 Å². The Morgan fingerprint density at radius 1 is 1.21 bits per heavy atom. The van der Waals surface area contributed by atoms with Crippen molar-refractivity contribution in [2.24, 2.45) is 17.3 Å². The fourth-order valence-electron chi connectivity index (χ4n) is 5.89. The van der Waals surface area contributed by atoms with Gasteiger partial charge in [0, 0.05) is 6.20 Å². The van der Waals surface area contributed by atoms with E-state index in [0.29, 0.717) is 17.7 Å². The highest BCUT2D eigenvalue weighted by atomic mass is 16.2. The lowest BCUT2D eigenvalue weighted by atomic mass is 9.46. The van der Waals surface area contributed by atoms with E-state index in [1.807, 2.05) is 29.2 Å². The first-order valence-corrected chi connectivity index (χ1v) is 8.75. The van der Waals surface area contributed by atoms with Crippen LogP contribution in [0.25, 0.3) is 0 Å². The second-order valence-corrected chi connectivity index (χ2v) is 7.97.